The molecule has 0 aliphatic carbocycles. The highest BCUT2D eigenvalue weighted by Gasteiger charge is 2.75. The van der Waals surface area contributed by atoms with E-state index in [4.69, 9.17) is 0 Å². The van der Waals surface area contributed by atoms with Crippen LogP contribution in [-0.2, 0) is 29.5 Å². The predicted molar refractivity (Wildman–Crippen MR) is 34.3 cm³/mol. The Hall–Kier alpha value is -1.52. The van der Waals surface area contributed by atoms with Crippen molar-refractivity contribution in [3.63, 3.8) is 0 Å². The Bertz CT molecular complexity index is 275. The first kappa shape index (κ1) is 8.10. The van der Waals surface area contributed by atoms with E-state index >= 15 is 0 Å². The fourth-order valence-electron chi connectivity index (χ4n) is 0.922. The number of carbonyl (C=O) groups is 3. The van der Waals surface area contributed by atoms with E-state index in [9.17, 15) is 14.4 Å². The zero-order valence-electron chi connectivity index (χ0n) is 6.14. The summed E-state index contributed by atoms with van der Waals surface area (Å²) >= 11 is -4.17. The highest BCUT2D eigenvalue weighted by molar-refractivity contribution is 6.69. The van der Waals surface area contributed by atoms with Crippen molar-refractivity contribution < 1.29 is 29.5 Å². The van der Waals surface area contributed by atoms with Crippen molar-refractivity contribution in [3.05, 3.63) is 12.3 Å². The lowest BCUT2D eigenvalue weighted by Crippen LogP contribution is -2.39. The summed E-state index contributed by atoms with van der Waals surface area (Å²) in [5, 5.41) is 0. The second kappa shape index (κ2) is 2.25. The first-order valence-electron chi connectivity index (χ1n) is 3.23. The van der Waals surface area contributed by atoms with Crippen LogP contribution in [0.5, 0.6) is 0 Å². The van der Waals surface area contributed by atoms with Gasteiger partial charge in [0.25, 0.3) is 0 Å². The summed E-state index contributed by atoms with van der Waals surface area (Å²) in [6.07, 6.45) is 0. The Kier molecular flexibility index (Phi) is 1.40. The molecule has 1 spiro atoms. The Morgan fingerprint density at radius 3 is 1.69 bits per heavy atom. The smallest absolute Gasteiger partial charge is 0.692 e. The lowest BCUT2D eigenvalue weighted by Gasteiger charge is -2.16. The fraction of sp³-hybridized carbons (Fsp3) is 0. The van der Waals surface area contributed by atoms with E-state index in [0.29, 0.717) is 0 Å². The van der Waals surface area contributed by atoms with Crippen molar-refractivity contribution in [2.45, 2.75) is 0 Å². The Labute approximate surface area is 74.8 Å². The minimum atomic E-state index is -4.17. The second-order valence-corrected chi connectivity index (χ2v) is 4.43. The zero-order valence-corrected chi connectivity index (χ0v) is 7.30. The molecule has 0 aromatic carbocycles. The highest BCUT2D eigenvalue weighted by atomic mass is 27.3. The normalized spacial score (nSPS) is 24.0. The molecular formula is C5H2AlO7-. The van der Waals surface area contributed by atoms with Crippen molar-refractivity contribution in [2.24, 2.45) is 0 Å². The molecule has 0 aromatic heterocycles. The van der Waals surface area contributed by atoms with Crippen LogP contribution >= 0.6 is 0 Å². The molecular weight excluding hydrogens is 199 g/mol. The molecule has 2 aliphatic rings. The number of rotatable bonds is 0. The third kappa shape index (κ3) is 1.08. The number of carbonyl (C=O) groups excluding carboxylic acids is 3. The van der Waals surface area contributed by atoms with Crippen LogP contribution in [-0.4, -0.2) is 32.3 Å². The molecule has 0 radical (unpaired) electrons. The molecule has 0 amide bonds. The molecule has 2 heterocycles. The van der Waals surface area contributed by atoms with Gasteiger partial charge in [0.2, 0.25) is 0 Å². The van der Waals surface area contributed by atoms with Gasteiger partial charge in [0.05, 0.1) is 0 Å². The van der Waals surface area contributed by atoms with E-state index in [1.54, 1.807) is 0 Å². The van der Waals surface area contributed by atoms with Gasteiger partial charge in [-0.3, -0.25) is 0 Å². The molecule has 2 aliphatic heterocycles. The van der Waals surface area contributed by atoms with Gasteiger partial charge in [0.1, 0.15) is 5.76 Å². The lowest BCUT2D eigenvalue weighted by molar-refractivity contribution is -0.150. The summed E-state index contributed by atoms with van der Waals surface area (Å²) < 4.78 is 17.9. The van der Waals surface area contributed by atoms with Crippen LogP contribution in [0, 0.1) is 0 Å². The molecule has 7 nitrogen and oxygen atoms in total. The van der Waals surface area contributed by atoms with E-state index in [2.05, 4.69) is 21.7 Å². The molecule has 0 N–H and O–H groups in total. The molecule has 0 aromatic rings. The monoisotopic (exact) mass is 201 g/mol. The Morgan fingerprint density at radius 1 is 0.846 bits per heavy atom. The molecule has 0 atom stereocenters. The minimum absolute atomic E-state index is 0.326. The van der Waals surface area contributed by atoms with E-state index in [1.165, 1.54) is 0 Å². The third-order valence-corrected chi connectivity index (χ3v) is 3.52. The molecule has 0 saturated carbocycles. The van der Waals surface area contributed by atoms with Gasteiger partial charge in [-0.15, -0.1) is 0 Å². The van der Waals surface area contributed by atoms with Gasteiger partial charge in [-0.05, 0) is 0 Å². The highest BCUT2D eigenvalue weighted by Crippen LogP contribution is 2.28. The molecule has 2 saturated heterocycles. The average Bonchev–Trinajstić information content (AvgIpc) is 2.39. The van der Waals surface area contributed by atoms with Gasteiger partial charge in [-0.2, -0.15) is 0 Å². The van der Waals surface area contributed by atoms with E-state index < -0.39 is 32.3 Å². The summed E-state index contributed by atoms with van der Waals surface area (Å²) in [5.74, 6) is -3.64. The third-order valence-electron chi connectivity index (χ3n) is 1.44. The van der Waals surface area contributed by atoms with Gasteiger partial charge >= 0.3 is 32.3 Å². The van der Waals surface area contributed by atoms with Crippen LogP contribution < -0.4 is 0 Å². The van der Waals surface area contributed by atoms with Gasteiger partial charge in [0, 0.05) is 0 Å². The van der Waals surface area contributed by atoms with Crippen LogP contribution in [0.4, 0.5) is 0 Å². The molecule has 13 heavy (non-hydrogen) atoms. The average molecular weight is 201 g/mol. The fourth-order valence-corrected chi connectivity index (χ4v) is 2.77. The summed E-state index contributed by atoms with van der Waals surface area (Å²) in [7, 11) is 0. The minimum Gasteiger partial charge on any atom is -0.692 e. The molecule has 2 fully saturated rings. The predicted octanol–water partition coefficient (Wildman–Crippen LogP) is -1.39. The SMILES string of the molecule is C=C1[O][Al-]2([O]C1=O)[O]C(=O)C(=O)[O]2. The second-order valence-electron chi connectivity index (χ2n) is 2.33. The quantitative estimate of drug-likeness (QED) is 0.270. The van der Waals surface area contributed by atoms with Crippen molar-refractivity contribution >= 4 is 32.3 Å². The Morgan fingerprint density at radius 2 is 1.31 bits per heavy atom. The van der Waals surface area contributed by atoms with E-state index in [-0.39, 0.29) is 5.76 Å². The molecule has 8 heteroatoms. The summed E-state index contributed by atoms with van der Waals surface area (Å²) in [5.41, 5.74) is 0. The Balaban J connectivity index is 2.27. The van der Waals surface area contributed by atoms with Gasteiger partial charge in [-0.25, -0.2) is 14.4 Å². The maximum Gasteiger partial charge on any atom is 1.22 e. The maximum atomic E-state index is 10.8. The van der Waals surface area contributed by atoms with E-state index in [0.717, 1.165) is 0 Å². The van der Waals surface area contributed by atoms with E-state index in [1.807, 2.05) is 0 Å². The largest absolute Gasteiger partial charge is 1.22 e. The summed E-state index contributed by atoms with van der Waals surface area (Å²) in [6, 6.07) is 0. The molecule has 0 unspecified atom stereocenters. The van der Waals surface area contributed by atoms with Crippen LogP contribution in [0.15, 0.2) is 12.3 Å². The summed E-state index contributed by atoms with van der Waals surface area (Å²) in [4.78, 5) is 31.9. The van der Waals surface area contributed by atoms with Crippen LogP contribution in [0.2, 0.25) is 0 Å². The summed E-state index contributed by atoms with van der Waals surface area (Å²) in [6.45, 7) is 3.17. The topological polar surface area (TPSA) is 88.1 Å². The van der Waals surface area contributed by atoms with Gasteiger partial charge < -0.3 is 15.2 Å². The zero-order chi connectivity index (χ0) is 9.64. The van der Waals surface area contributed by atoms with Crippen LogP contribution in [0.1, 0.15) is 0 Å². The maximum absolute atomic E-state index is 10.8. The molecule has 2 rings (SSSR count). The van der Waals surface area contributed by atoms with Crippen LogP contribution in [0.3, 0.4) is 0 Å². The van der Waals surface area contributed by atoms with Gasteiger partial charge in [0.15, 0.2) is 0 Å². The first-order chi connectivity index (χ1) is 6.02. The van der Waals surface area contributed by atoms with Crippen molar-refractivity contribution in [1.29, 1.82) is 0 Å². The first-order valence-corrected chi connectivity index (χ1v) is 5.11. The number of hydrogen-bond donors (Lipinski definition) is 0. The van der Waals surface area contributed by atoms with Crippen molar-refractivity contribution in [1.82, 2.24) is 0 Å². The molecule has 0 bridgehead atoms. The van der Waals surface area contributed by atoms with Gasteiger partial charge in [-0.1, -0.05) is 6.58 Å². The standard InChI is InChI=1S/C3H4O3.C2H2O4.Al/c1-2(4)3(5)6;3-1(4)2(5)6;/h4H,1H2,(H,5,6);(H,3,4)(H,5,6);/q;;+3/p-4. The van der Waals surface area contributed by atoms with Crippen molar-refractivity contribution in [3.8, 4) is 0 Å². The van der Waals surface area contributed by atoms with Crippen molar-refractivity contribution in [2.75, 3.05) is 0 Å². The van der Waals surface area contributed by atoms with Crippen LogP contribution in [0.25, 0.3) is 0 Å². The number of hydrogen-bond acceptors (Lipinski definition) is 7. The lowest BCUT2D eigenvalue weighted by atomic mass is 10.6. The molecule has 68 valence electrons.